The molecule has 0 atom stereocenters. The van der Waals surface area contributed by atoms with E-state index in [9.17, 15) is 9.59 Å². The maximum atomic E-state index is 13.0. The third-order valence-corrected chi connectivity index (χ3v) is 7.16. The van der Waals surface area contributed by atoms with E-state index in [4.69, 9.17) is 4.98 Å². The lowest BCUT2D eigenvalue weighted by molar-refractivity contribution is 0.309. The molecule has 1 aromatic carbocycles. The van der Waals surface area contributed by atoms with E-state index in [0.29, 0.717) is 29.5 Å². The van der Waals surface area contributed by atoms with Crippen LogP contribution in [0.15, 0.2) is 33.9 Å². The molecule has 0 unspecified atom stereocenters. The molecule has 2 saturated carbocycles. The lowest BCUT2D eigenvalue weighted by atomic mass is 9.89. The van der Waals surface area contributed by atoms with Crippen molar-refractivity contribution < 1.29 is 0 Å². The highest BCUT2D eigenvalue weighted by molar-refractivity contribution is 5.76. The highest BCUT2D eigenvalue weighted by Gasteiger charge is 2.24. The number of benzene rings is 1. The quantitative estimate of drug-likeness (QED) is 0.661. The van der Waals surface area contributed by atoms with Crippen LogP contribution in [0.5, 0.6) is 0 Å². The summed E-state index contributed by atoms with van der Waals surface area (Å²) in [6.45, 7) is 1.45. The minimum Gasteiger partial charge on any atom is -0.310 e. The van der Waals surface area contributed by atoms with Gasteiger partial charge in [0, 0.05) is 18.7 Å². The number of imidazole rings is 1. The van der Waals surface area contributed by atoms with E-state index in [0.717, 1.165) is 30.8 Å². The summed E-state index contributed by atoms with van der Waals surface area (Å²) >= 11 is 0. The second-order valence-electron chi connectivity index (χ2n) is 9.37. The Hall–Kier alpha value is -2.63. The van der Waals surface area contributed by atoms with Crippen molar-refractivity contribution in [2.24, 2.45) is 11.8 Å². The summed E-state index contributed by atoms with van der Waals surface area (Å²) in [5, 5.41) is 0. The lowest BCUT2D eigenvalue weighted by Gasteiger charge is -2.25. The molecule has 3 aromatic rings. The SMILES string of the molecule is O=c1[nH]c(=O)n(CC2CCCCC2)c2c1nc(-c1[c]cccc1)n2CC1CCCCC1. The Kier molecular flexibility index (Phi) is 5.79. The highest BCUT2D eigenvalue weighted by Crippen LogP contribution is 2.31. The summed E-state index contributed by atoms with van der Waals surface area (Å²) in [5.41, 5.74) is 1.23. The van der Waals surface area contributed by atoms with E-state index < -0.39 is 0 Å². The zero-order valence-corrected chi connectivity index (χ0v) is 18.1. The minimum atomic E-state index is -0.389. The zero-order valence-electron chi connectivity index (χ0n) is 18.1. The van der Waals surface area contributed by atoms with Crippen molar-refractivity contribution in [2.75, 3.05) is 0 Å². The van der Waals surface area contributed by atoms with Gasteiger partial charge in [0.15, 0.2) is 11.2 Å². The average molecular weight is 420 g/mol. The third kappa shape index (κ3) is 4.12. The van der Waals surface area contributed by atoms with Crippen LogP contribution in [0.25, 0.3) is 22.6 Å². The first-order valence-corrected chi connectivity index (χ1v) is 11.9. The Morgan fingerprint density at radius 1 is 0.903 bits per heavy atom. The molecule has 0 saturated heterocycles. The van der Waals surface area contributed by atoms with Crippen molar-refractivity contribution in [1.29, 1.82) is 0 Å². The van der Waals surface area contributed by atoms with Crippen LogP contribution < -0.4 is 11.2 Å². The summed E-state index contributed by atoms with van der Waals surface area (Å²) in [6.07, 6.45) is 12.2. The molecular formula is C25H31N4O2. The predicted molar refractivity (Wildman–Crippen MR) is 122 cm³/mol. The Bertz CT molecular complexity index is 1150. The number of aromatic amines is 1. The molecule has 6 nitrogen and oxygen atoms in total. The van der Waals surface area contributed by atoms with E-state index in [1.807, 2.05) is 24.3 Å². The van der Waals surface area contributed by atoms with Crippen molar-refractivity contribution in [2.45, 2.75) is 77.3 Å². The summed E-state index contributed by atoms with van der Waals surface area (Å²) in [6, 6.07) is 11.0. The number of aromatic nitrogens is 4. The monoisotopic (exact) mass is 419 g/mol. The Balaban J connectivity index is 1.68. The molecule has 2 heterocycles. The molecule has 0 aliphatic heterocycles. The van der Waals surface area contributed by atoms with E-state index in [-0.39, 0.29) is 11.2 Å². The minimum absolute atomic E-state index is 0.309. The standard InChI is InChI=1S/C25H31N4O2/c30-23-21-24(29(25(31)27-23)17-19-12-6-2-7-13-19)28(16-18-10-4-1-5-11-18)22(26-21)20-14-8-3-9-15-20/h3,8-9,14,18-19H,1-2,4-7,10-13,16-17H2,(H,27,30,31). The van der Waals surface area contributed by atoms with Crippen molar-refractivity contribution in [3.8, 4) is 11.4 Å². The Labute approximate surface area is 182 Å². The summed E-state index contributed by atoms with van der Waals surface area (Å²) < 4.78 is 3.95. The molecule has 1 N–H and O–H groups in total. The van der Waals surface area contributed by atoms with Crippen LogP contribution in [-0.4, -0.2) is 19.1 Å². The normalized spacial score (nSPS) is 18.6. The van der Waals surface area contributed by atoms with Gasteiger partial charge in [-0.05, 0) is 43.6 Å². The van der Waals surface area contributed by atoms with Crippen molar-refractivity contribution in [3.05, 3.63) is 51.2 Å². The van der Waals surface area contributed by atoms with Gasteiger partial charge in [-0.1, -0.05) is 62.8 Å². The van der Waals surface area contributed by atoms with Crippen LogP contribution in [0, 0.1) is 17.9 Å². The second-order valence-corrected chi connectivity index (χ2v) is 9.37. The number of hydrogen-bond donors (Lipinski definition) is 1. The molecule has 1 radical (unpaired) electrons. The first-order chi connectivity index (χ1) is 15.2. The molecule has 163 valence electrons. The van der Waals surface area contributed by atoms with Crippen LogP contribution in [-0.2, 0) is 13.1 Å². The largest absolute Gasteiger partial charge is 0.330 e. The molecule has 0 bridgehead atoms. The molecule has 2 aliphatic rings. The zero-order chi connectivity index (χ0) is 21.2. The van der Waals surface area contributed by atoms with Crippen molar-refractivity contribution in [1.82, 2.24) is 19.1 Å². The van der Waals surface area contributed by atoms with E-state index in [2.05, 4.69) is 15.6 Å². The van der Waals surface area contributed by atoms with Gasteiger partial charge in [0.25, 0.3) is 5.56 Å². The molecule has 0 amide bonds. The van der Waals surface area contributed by atoms with Gasteiger partial charge in [0.1, 0.15) is 5.82 Å². The number of H-pyrrole nitrogens is 1. The Morgan fingerprint density at radius 2 is 1.55 bits per heavy atom. The van der Waals surface area contributed by atoms with Crippen LogP contribution in [0.1, 0.15) is 64.2 Å². The van der Waals surface area contributed by atoms with Crippen molar-refractivity contribution >= 4 is 11.2 Å². The van der Waals surface area contributed by atoms with Gasteiger partial charge in [0.2, 0.25) is 0 Å². The topological polar surface area (TPSA) is 72.7 Å². The van der Waals surface area contributed by atoms with Crippen LogP contribution in [0.3, 0.4) is 0 Å². The van der Waals surface area contributed by atoms with Crippen LogP contribution >= 0.6 is 0 Å². The number of fused-ring (bicyclic) bond motifs is 1. The first-order valence-electron chi connectivity index (χ1n) is 11.9. The van der Waals surface area contributed by atoms with E-state index in [1.54, 1.807) is 4.57 Å². The number of nitrogens with one attached hydrogen (secondary N) is 1. The van der Waals surface area contributed by atoms with Crippen molar-refractivity contribution in [3.63, 3.8) is 0 Å². The fourth-order valence-electron chi connectivity index (χ4n) is 5.53. The number of hydrogen-bond acceptors (Lipinski definition) is 3. The molecule has 6 heteroatoms. The second kappa shape index (κ2) is 8.85. The molecule has 0 spiro atoms. The molecule has 31 heavy (non-hydrogen) atoms. The molecule has 5 rings (SSSR count). The van der Waals surface area contributed by atoms with Gasteiger partial charge in [-0.25, -0.2) is 9.78 Å². The van der Waals surface area contributed by atoms with Gasteiger partial charge in [-0.3, -0.25) is 14.3 Å². The summed E-state index contributed by atoms with van der Waals surface area (Å²) in [5.74, 6) is 1.77. The van der Waals surface area contributed by atoms with Crippen LogP contribution in [0.2, 0.25) is 0 Å². The average Bonchev–Trinajstić information content (AvgIpc) is 3.18. The molecule has 2 fully saturated rings. The van der Waals surface area contributed by atoms with E-state index in [1.165, 1.54) is 51.4 Å². The molecular weight excluding hydrogens is 388 g/mol. The van der Waals surface area contributed by atoms with Gasteiger partial charge in [-0.2, -0.15) is 0 Å². The van der Waals surface area contributed by atoms with E-state index >= 15 is 0 Å². The first kappa shape index (κ1) is 20.3. The maximum absolute atomic E-state index is 13.0. The van der Waals surface area contributed by atoms with Gasteiger partial charge in [0.05, 0.1) is 0 Å². The lowest BCUT2D eigenvalue weighted by Crippen LogP contribution is -2.34. The smallest absolute Gasteiger partial charge is 0.310 e. The maximum Gasteiger partial charge on any atom is 0.330 e. The van der Waals surface area contributed by atoms with Gasteiger partial charge < -0.3 is 4.57 Å². The fourth-order valence-corrected chi connectivity index (χ4v) is 5.53. The summed E-state index contributed by atoms with van der Waals surface area (Å²) in [4.78, 5) is 33.1. The number of rotatable bonds is 5. The molecule has 2 aromatic heterocycles. The third-order valence-electron chi connectivity index (χ3n) is 7.16. The number of nitrogens with zero attached hydrogens (tertiary/aromatic N) is 3. The fraction of sp³-hybridized carbons (Fsp3) is 0.560. The van der Waals surface area contributed by atoms with Crippen LogP contribution in [0.4, 0.5) is 0 Å². The predicted octanol–water partition coefficient (Wildman–Crippen LogP) is 4.51. The summed E-state index contributed by atoms with van der Waals surface area (Å²) in [7, 11) is 0. The molecule has 2 aliphatic carbocycles. The Morgan fingerprint density at radius 3 is 2.16 bits per heavy atom. The highest BCUT2D eigenvalue weighted by atomic mass is 16.2. The van der Waals surface area contributed by atoms with Gasteiger partial charge in [-0.15, -0.1) is 0 Å². The van der Waals surface area contributed by atoms with Gasteiger partial charge >= 0.3 is 5.69 Å².